The normalized spacial score (nSPS) is 15.9. The Morgan fingerprint density at radius 3 is 2.67 bits per heavy atom. The summed E-state index contributed by atoms with van der Waals surface area (Å²) in [5.41, 5.74) is 2.64. The minimum atomic E-state index is -0.0768. The summed E-state index contributed by atoms with van der Waals surface area (Å²) < 4.78 is 0.578. The summed E-state index contributed by atoms with van der Waals surface area (Å²) in [6.07, 6.45) is 2.53. The number of halogens is 1. The lowest BCUT2D eigenvalue weighted by molar-refractivity contribution is -0.122. The molecule has 1 aromatic heterocycles. The maximum Gasteiger partial charge on any atom is 0.266 e. The Kier molecular flexibility index (Phi) is 5.25. The first-order valence-electron chi connectivity index (χ1n) is 8.46. The topological polar surface area (TPSA) is 33.2 Å². The van der Waals surface area contributed by atoms with Gasteiger partial charge in [0.2, 0.25) is 0 Å². The number of hydrogen-bond acceptors (Lipinski definition) is 4. The van der Waals surface area contributed by atoms with Gasteiger partial charge < -0.3 is 0 Å². The molecule has 1 aliphatic rings. The first-order chi connectivity index (χ1) is 13.1. The van der Waals surface area contributed by atoms with Crippen molar-refractivity contribution < 1.29 is 4.79 Å². The van der Waals surface area contributed by atoms with Gasteiger partial charge in [0.1, 0.15) is 4.32 Å². The van der Waals surface area contributed by atoms with E-state index in [0.29, 0.717) is 26.5 Å². The molecule has 0 saturated carbocycles. The lowest BCUT2D eigenvalue weighted by atomic mass is 10.1. The van der Waals surface area contributed by atoms with Crippen LogP contribution in [0.15, 0.2) is 65.6 Å². The van der Waals surface area contributed by atoms with Gasteiger partial charge in [-0.05, 0) is 30.2 Å². The number of hydrogen-bond donors (Lipinski definition) is 0. The van der Waals surface area contributed by atoms with Crippen molar-refractivity contribution in [2.75, 3.05) is 6.54 Å². The van der Waals surface area contributed by atoms with Crippen molar-refractivity contribution in [2.45, 2.75) is 6.42 Å². The Hall–Kier alpha value is -2.21. The van der Waals surface area contributed by atoms with Crippen molar-refractivity contribution in [2.24, 2.45) is 0 Å². The molecule has 3 aromatic rings. The van der Waals surface area contributed by atoms with Gasteiger partial charge in [-0.15, -0.1) is 0 Å². The minimum absolute atomic E-state index is 0.0768. The number of nitrogens with zero attached hydrogens (tertiary/aromatic N) is 2. The number of thioether (sulfide) groups is 1. The number of carbonyl (C=O) groups excluding carboxylic acids is 1. The molecule has 0 N–H and O–H groups in total. The Labute approximate surface area is 172 Å². The highest BCUT2D eigenvalue weighted by atomic mass is 35.5. The second kappa shape index (κ2) is 7.80. The van der Waals surface area contributed by atoms with Crippen molar-refractivity contribution in [1.29, 1.82) is 0 Å². The van der Waals surface area contributed by atoms with E-state index < -0.39 is 0 Å². The molecular formula is C21H15ClN2OS2. The summed E-state index contributed by atoms with van der Waals surface area (Å²) in [7, 11) is 0. The zero-order valence-electron chi connectivity index (χ0n) is 14.3. The standard InChI is InChI=1S/C21H15ClN2OS2/c22-17-12-15(23-18-9-5-4-8-16(17)18)13-19-20(25)24(21(26)27-19)11-10-14-6-2-1-3-7-14/h1-9,12-13H,10-11H2/b19-13-. The predicted octanol–water partition coefficient (Wildman–Crippen LogP) is 5.33. The van der Waals surface area contributed by atoms with E-state index >= 15 is 0 Å². The fourth-order valence-corrected chi connectivity index (χ4v) is 4.50. The second-order valence-corrected chi connectivity index (χ2v) is 8.20. The van der Waals surface area contributed by atoms with Crippen molar-refractivity contribution in [3.63, 3.8) is 0 Å². The number of aromatic nitrogens is 1. The molecule has 2 heterocycles. The van der Waals surface area contributed by atoms with E-state index in [1.54, 1.807) is 17.0 Å². The summed E-state index contributed by atoms with van der Waals surface area (Å²) in [5.74, 6) is -0.0768. The molecule has 0 unspecified atom stereocenters. The van der Waals surface area contributed by atoms with E-state index in [4.69, 9.17) is 23.8 Å². The average molecular weight is 411 g/mol. The van der Waals surface area contributed by atoms with Crippen molar-refractivity contribution in [3.8, 4) is 0 Å². The fourth-order valence-electron chi connectivity index (χ4n) is 2.94. The molecule has 3 nitrogen and oxygen atoms in total. The number of thiocarbonyl (C=S) groups is 1. The van der Waals surface area contributed by atoms with Gasteiger partial charge in [0.05, 0.1) is 21.1 Å². The summed E-state index contributed by atoms with van der Waals surface area (Å²) >= 11 is 13.1. The first-order valence-corrected chi connectivity index (χ1v) is 10.1. The van der Waals surface area contributed by atoms with E-state index in [2.05, 4.69) is 17.1 Å². The van der Waals surface area contributed by atoms with Gasteiger partial charge in [0.25, 0.3) is 5.91 Å². The van der Waals surface area contributed by atoms with Crippen molar-refractivity contribution in [1.82, 2.24) is 9.88 Å². The van der Waals surface area contributed by atoms with Crippen LogP contribution in [0.2, 0.25) is 5.02 Å². The summed E-state index contributed by atoms with van der Waals surface area (Å²) in [4.78, 5) is 19.6. The van der Waals surface area contributed by atoms with E-state index in [1.165, 1.54) is 17.3 Å². The van der Waals surface area contributed by atoms with Crippen LogP contribution in [0.5, 0.6) is 0 Å². The molecule has 1 fully saturated rings. The Bertz CT molecular complexity index is 1070. The number of para-hydroxylation sites is 1. The summed E-state index contributed by atoms with van der Waals surface area (Å²) in [6, 6.07) is 19.5. The van der Waals surface area contributed by atoms with E-state index in [0.717, 1.165) is 17.3 Å². The molecule has 0 aliphatic carbocycles. The number of rotatable bonds is 4. The van der Waals surface area contributed by atoms with Crippen LogP contribution >= 0.6 is 35.6 Å². The van der Waals surface area contributed by atoms with Crippen LogP contribution in [0, 0.1) is 0 Å². The fraction of sp³-hybridized carbons (Fsp3) is 0.0952. The van der Waals surface area contributed by atoms with Crippen LogP contribution < -0.4 is 0 Å². The van der Waals surface area contributed by atoms with Gasteiger partial charge in [0, 0.05) is 11.9 Å². The van der Waals surface area contributed by atoms with Gasteiger partial charge in [-0.3, -0.25) is 9.69 Å². The maximum absolute atomic E-state index is 12.8. The van der Waals surface area contributed by atoms with Crippen LogP contribution in [-0.4, -0.2) is 26.7 Å². The highest BCUT2D eigenvalue weighted by Gasteiger charge is 2.31. The van der Waals surface area contributed by atoms with Crippen LogP contribution in [0.3, 0.4) is 0 Å². The van der Waals surface area contributed by atoms with Crippen LogP contribution in [0.4, 0.5) is 0 Å². The third-order valence-electron chi connectivity index (χ3n) is 4.30. The third-order valence-corrected chi connectivity index (χ3v) is 6.00. The quantitative estimate of drug-likeness (QED) is 0.429. The number of amides is 1. The zero-order chi connectivity index (χ0) is 18.8. The van der Waals surface area contributed by atoms with Crippen molar-refractivity contribution in [3.05, 3.63) is 81.8 Å². The molecule has 134 valence electrons. The maximum atomic E-state index is 12.8. The third kappa shape index (κ3) is 3.90. The number of pyridine rings is 1. The van der Waals surface area contributed by atoms with Crippen LogP contribution in [0.1, 0.15) is 11.3 Å². The summed E-state index contributed by atoms with van der Waals surface area (Å²) in [5, 5.41) is 1.51. The number of fused-ring (bicyclic) bond motifs is 1. The molecule has 6 heteroatoms. The monoisotopic (exact) mass is 410 g/mol. The van der Waals surface area contributed by atoms with Crippen molar-refractivity contribution >= 4 is 62.8 Å². The van der Waals surface area contributed by atoms with Gasteiger partial charge >= 0.3 is 0 Å². The molecule has 2 aromatic carbocycles. The molecule has 1 aliphatic heterocycles. The largest absolute Gasteiger partial charge is 0.293 e. The highest BCUT2D eigenvalue weighted by molar-refractivity contribution is 8.26. The lowest BCUT2D eigenvalue weighted by Crippen LogP contribution is -2.30. The minimum Gasteiger partial charge on any atom is -0.293 e. The molecule has 0 spiro atoms. The first kappa shape index (κ1) is 18.2. The number of benzene rings is 2. The highest BCUT2D eigenvalue weighted by Crippen LogP contribution is 2.33. The molecule has 4 rings (SSSR count). The van der Waals surface area contributed by atoms with E-state index in [9.17, 15) is 4.79 Å². The van der Waals surface area contributed by atoms with Crippen LogP contribution in [0.25, 0.3) is 17.0 Å². The van der Waals surface area contributed by atoms with Gasteiger partial charge in [-0.1, -0.05) is 84.1 Å². The van der Waals surface area contributed by atoms with E-state index in [1.807, 2.05) is 42.5 Å². The van der Waals surface area contributed by atoms with Gasteiger partial charge in [0.15, 0.2) is 0 Å². The molecule has 1 saturated heterocycles. The summed E-state index contributed by atoms with van der Waals surface area (Å²) in [6.45, 7) is 0.567. The smallest absolute Gasteiger partial charge is 0.266 e. The Morgan fingerprint density at radius 2 is 1.85 bits per heavy atom. The Morgan fingerprint density at radius 1 is 1.11 bits per heavy atom. The molecule has 0 radical (unpaired) electrons. The van der Waals surface area contributed by atoms with Gasteiger partial charge in [-0.2, -0.15) is 0 Å². The SMILES string of the molecule is O=C1/C(=C/c2cc(Cl)c3ccccc3n2)SC(=S)N1CCc1ccccc1. The molecule has 1 amide bonds. The predicted molar refractivity (Wildman–Crippen MR) is 117 cm³/mol. The lowest BCUT2D eigenvalue weighted by Gasteiger charge is -2.14. The van der Waals surface area contributed by atoms with Crippen LogP contribution in [-0.2, 0) is 11.2 Å². The molecule has 0 atom stereocenters. The second-order valence-electron chi connectivity index (χ2n) is 6.12. The van der Waals surface area contributed by atoms with E-state index in [-0.39, 0.29) is 5.91 Å². The molecular weight excluding hydrogens is 396 g/mol. The average Bonchev–Trinajstić information content (AvgIpc) is 2.94. The van der Waals surface area contributed by atoms with Gasteiger partial charge in [-0.25, -0.2) is 4.98 Å². The zero-order valence-corrected chi connectivity index (χ0v) is 16.7. The molecule has 27 heavy (non-hydrogen) atoms. The molecule has 0 bridgehead atoms. The number of carbonyl (C=O) groups is 1. The Balaban J connectivity index is 1.56.